The Kier molecular flexibility index (Phi) is 3.20. The Bertz CT molecular complexity index is 711. The van der Waals surface area contributed by atoms with Gasteiger partial charge in [-0.2, -0.15) is 0 Å². The number of nitrogens with zero attached hydrogens (tertiary/aromatic N) is 3. The summed E-state index contributed by atoms with van der Waals surface area (Å²) in [6.45, 7) is 2.28. The molecule has 3 heterocycles. The van der Waals surface area contributed by atoms with E-state index < -0.39 is 0 Å². The first-order chi connectivity index (χ1) is 9.72. The van der Waals surface area contributed by atoms with Crippen LogP contribution in [0.1, 0.15) is 21.9 Å². The van der Waals surface area contributed by atoms with Gasteiger partial charge in [0.25, 0.3) is 5.91 Å². The summed E-state index contributed by atoms with van der Waals surface area (Å²) in [5.74, 6) is -0.0214. The third-order valence-electron chi connectivity index (χ3n) is 2.93. The van der Waals surface area contributed by atoms with Gasteiger partial charge >= 0.3 is 0 Å². The molecular formula is C14H14N4O2. The molecule has 0 radical (unpaired) electrons. The number of pyridine rings is 1. The van der Waals surface area contributed by atoms with Crippen molar-refractivity contribution in [2.24, 2.45) is 0 Å². The van der Waals surface area contributed by atoms with Crippen molar-refractivity contribution >= 4 is 11.6 Å². The highest BCUT2D eigenvalue weighted by atomic mass is 16.5. The Hall–Kier alpha value is -2.63. The lowest BCUT2D eigenvalue weighted by Gasteiger charge is -1.99. The molecule has 0 atom stereocenters. The summed E-state index contributed by atoms with van der Waals surface area (Å²) in [6, 6.07) is 7.45. The minimum absolute atomic E-state index is 0.234. The van der Waals surface area contributed by atoms with Gasteiger partial charge in [-0.25, -0.2) is 4.98 Å². The standard InChI is InChI=1S/C14H14N4O2/c1-10-8-12(20-17-10)14(19)15-6-5-11-9-18-7-3-2-4-13(18)16-11/h2-4,7-9H,5-6H2,1H3,(H,15,19). The number of carbonyl (C=O) groups excluding carboxylic acids is 1. The molecule has 6 heteroatoms. The molecule has 1 amide bonds. The van der Waals surface area contributed by atoms with Gasteiger partial charge in [0.2, 0.25) is 5.76 Å². The smallest absolute Gasteiger partial charge is 0.289 e. The molecule has 0 aliphatic rings. The van der Waals surface area contributed by atoms with Gasteiger partial charge in [0, 0.05) is 31.4 Å². The number of fused-ring (bicyclic) bond motifs is 1. The zero-order valence-electron chi connectivity index (χ0n) is 11.0. The fraction of sp³-hybridized carbons (Fsp3) is 0.214. The van der Waals surface area contributed by atoms with Crippen LogP contribution < -0.4 is 5.32 Å². The maximum atomic E-state index is 11.7. The van der Waals surface area contributed by atoms with Crippen molar-refractivity contribution in [1.82, 2.24) is 19.9 Å². The molecule has 0 saturated carbocycles. The van der Waals surface area contributed by atoms with E-state index in [0.717, 1.165) is 11.3 Å². The first-order valence-electron chi connectivity index (χ1n) is 6.36. The molecule has 0 unspecified atom stereocenters. The molecule has 6 nitrogen and oxygen atoms in total. The highest BCUT2D eigenvalue weighted by Crippen LogP contribution is 2.05. The second-order valence-corrected chi connectivity index (χ2v) is 4.54. The van der Waals surface area contributed by atoms with Gasteiger partial charge < -0.3 is 14.2 Å². The minimum atomic E-state index is -0.255. The number of hydrogen-bond donors (Lipinski definition) is 1. The lowest BCUT2D eigenvalue weighted by molar-refractivity contribution is 0.0917. The van der Waals surface area contributed by atoms with E-state index >= 15 is 0 Å². The molecular weight excluding hydrogens is 256 g/mol. The molecule has 102 valence electrons. The number of nitrogens with one attached hydrogen (secondary N) is 1. The number of amides is 1. The van der Waals surface area contributed by atoms with Crippen LogP contribution >= 0.6 is 0 Å². The Morgan fingerprint density at radius 3 is 3.10 bits per heavy atom. The zero-order valence-corrected chi connectivity index (χ0v) is 11.0. The number of aromatic nitrogens is 3. The van der Waals surface area contributed by atoms with E-state index in [1.54, 1.807) is 13.0 Å². The van der Waals surface area contributed by atoms with E-state index in [4.69, 9.17) is 4.52 Å². The Morgan fingerprint density at radius 1 is 1.45 bits per heavy atom. The quantitative estimate of drug-likeness (QED) is 0.781. The third kappa shape index (κ3) is 2.54. The van der Waals surface area contributed by atoms with Crippen molar-refractivity contribution in [2.45, 2.75) is 13.3 Å². The predicted octanol–water partition coefficient (Wildman–Crippen LogP) is 1.60. The van der Waals surface area contributed by atoms with Crippen molar-refractivity contribution in [2.75, 3.05) is 6.54 Å². The van der Waals surface area contributed by atoms with Gasteiger partial charge in [0.05, 0.1) is 11.4 Å². The molecule has 3 aromatic rings. The fourth-order valence-electron chi connectivity index (χ4n) is 1.97. The second-order valence-electron chi connectivity index (χ2n) is 4.54. The molecule has 3 aromatic heterocycles. The molecule has 0 aliphatic carbocycles. The molecule has 0 saturated heterocycles. The third-order valence-corrected chi connectivity index (χ3v) is 2.93. The van der Waals surface area contributed by atoms with Crippen molar-refractivity contribution in [3.63, 3.8) is 0 Å². The number of imidazole rings is 1. The molecule has 0 bridgehead atoms. The summed E-state index contributed by atoms with van der Waals surface area (Å²) in [6.07, 6.45) is 4.57. The zero-order chi connectivity index (χ0) is 13.9. The lowest BCUT2D eigenvalue weighted by Crippen LogP contribution is -2.25. The van der Waals surface area contributed by atoms with Crippen LogP contribution in [0.4, 0.5) is 0 Å². The number of aryl methyl sites for hydroxylation is 1. The largest absolute Gasteiger partial charge is 0.351 e. The molecule has 0 fully saturated rings. The number of rotatable bonds is 4. The Morgan fingerprint density at radius 2 is 2.35 bits per heavy atom. The van der Waals surface area contributed by atoms with E-state index in [2.05, 4.69) is 15.5 Å². The second kappa shape index (κ2) is 5.16. The van der Waals surface area contributed by atoms with E-state index in [1.807, 2.05) is 35.0 Å². The van der Waals surface area contributed by atoms with Crippen LogP contribution in [0.2, 0.25) is 0 Å². The predicted molar refractivity (Wildman–Crippen MR) is 72.5 cm³/mol. The topological polar surface area (TPSA) is 72.4 Å². The summed E-state index contributed by atoms with van der Waals surface area (Å²) < 4.78 is 6.85. The fourth-order valence-corrected chi connectivity index (χ4v) is 1.97. The summed E-state index contributed by atoms with van der Waals surface area (Å²) in [4.78, 5) is 16.2. The Balaban J connectivity index is 1.58. The lowest BCUT2D eigenvalue weighted by atomic mass is 10.3. The van der Waals surface area contributed by atoms with Gasteiger partial charge in [0.1, 0.15) is 5.65 Å². The van der Waals surface area contributed by atoms with Crippen LogP contribution in [0.15, 0.2) is 41.2 Å². The van der Waals surface area contributed by atoms with Crippen LogP contribution in [0, 0.1) is 6.92 Å². The van der Waals surface area contributed by atoms with Crippen LogP contribution in [-0.2, 0) is 6.42 Å². The minimum Gasteiger partial charge on any atom is -0.351 e. The van der Waals surface area contributed by atoms with E-state index in [-0.39, 0.29) is 11.7 Å². The van der Waals surface area contributed by atoms with Gasteiger partial charge in [0.15, 0.2) is 0 Å². The number of hydrogen-bond acceptors (Lipinski definition) is 4. The van der Waals surface area contributed by atoms with Crippen molar-refractivity contribution in [3.05, 3.63) is 53.8 Å². The maximum Gasteiger partial charge on any atom is 0.289 e. The van der Waals surface area contributed by atoms with E-state index in [9.17, 15) is 4.79 Å². The van der Waals surface area contributed by atoms with E-state index in [0.29, 0.717) is 18.7 Å². The van der Waals surface area contributed by atoms with Crippen LogP contribution in [-0.4, -0.2) is 27.0 Å². The molecule has 0 aromatic carbocycles. The highest BCUT2D eigenvalue weighted by molar-refractivity contribution is 5.91. The molecule has 0 spiro atoms. The SMILES string of the molecule is Cc1cc(C(=O)NCCc2cn3ccccc3n2)on1. The van der Waals surface area contributed by atoms with Crippen LogP contribution in [0.5, 0.6) is 0 Å². The first-order valence-corrected chi connectivity index (χ1v) is 6.36. The average molecular weight is 270 g/mol. The van der Waals surface area contributed by atoms with Gasteiger partial charge in [-0.3, -0.25) is 4.79 Å². The van der Waals surface area contributed by atoms with Crippen molar-refractivity contribution in [3.8, 4) is 0 Å². The van der Waals surface area contributed by atoms with Crippen LogP contribution in [0.3, 0.4) is 0 Å². The highest BCUT2D eigenvalue weighted by Gasteiger charge is 2.10. The average Bonchev–Trinajstić information content (AvgIpc) is 3.04. The monoisotopic (exact) mass is 270 g/mol. The summed E-state index contributed by atoms with van der Waals surface area (Å²) in [5.41, 5.74) is 2.53. The first kappa shape index (κ1) is 12.4. The van der Waals surface area contributed by atoms with Gasteiger partial charge in [-0.1, -0.05) is 11.2 Å². The summed E-state index contributed by atoms with van der Waals surface area (Å²) in [5, 5.41) is 6.46. The molecule has 20 heavy (non-hydrogen) atoms. The van der Waals surface area contributed by atoms with E-state index in [1.165, 1.54) is 0 Å². The molecule has 1 N–H and O–H groups in total. The molecule has 0 aliphatic heterocycles. The summed E-state index contributed by atoms with van der Waals surface area (Å²) in [7, 11) is 0. The van der Waals surface area contributed by atoms with Gasteiger partial charge in [-0.05, 0) is 19.1 Å². The number of carbonyl (C=O) groups is 1. The Labute approximate surface area is 115 Å². The molecule has 3 rings (SSSR count). The normalized spacial score (nSPS) is 10.8. The maximum absolute atomic E-state index is 11.7. The van der Waals surface area contributed by atoms with Crippen LogP contribution in [0.25, 0.3) is 5.65 Å². The van der Waals surface area contributed by atoms with Gasteiger partial charge in [-0.15, -0.1) is 0 Å². The van der Waals surface area contributed by atoms with Crippen molar-refractivity contribution in [1.29, 1.82) is 0 Å². The van der Waals surface area contributed by atoms with Crippen molar-refractivity contribution < 1.29 is 9.32 Å². The summed E-state index contributed by atoms with van der Waals surface area (Å²) >= 11 is 0.